The highest BCUT2D eigenvalue weighted by Gasteiger charge is 2.14. The van der Waals surface area contributed by atoms with Crippen LogP contribution in [0.15, 0.2) is 35.1 Å². The highest BCUT2D eigenvalue weighted by Crippen LogP contribution is 2.26. The number of amides is 1. The Kier molecular flexibility index (Phi) is 4.39. The van der Waals surface area contributed by atoms with Crippen molar-refractivity contribution < 1.29 is 9.53 Å². The van der Waals surface area contributed by atoms with Crippen LogP contribution in [-0.2, 0) is 0 Å². The summed E-state index contributed by atoms with van der Waals surface area (Å²) in [6.45, 7) is 3.91. The summed E-state index contributed by atoms with van der Waals surface area (Å²) in [4.78, 5) is 16.3. The van der Waals surface area contributed by atoms with Crippen LogP contribution < -0.4 is 10.1 Å². The Labute approximate surface area is 126 Å². The topological polar surface area (TPSA) is 51.2 Å². The lowest BCUT2D eigenvalue weighted by molar-refractivity contribution is 0.102. The summed E-state index contributed by atoms with van der Waals surface area (Å²) in [7, 11) is 1.52. The van der Waals surface area contributed by atoms with Gasteiger partial charge >= 0.3 is 0 Å². The van der Waals surface area contributed by atoms with E-state index >= 15 is 0 Å². The third-order valence-electron chi connectivity index (χ3n) is 2.99. The first-order valence-electron chi connectivity index (χ1n) is 6.09. The van der Waals surface area contributed by atoms with Gasteiger partial charge in [0.1, 0.15) is 5.75 Å². The van der Waals surface area contributed by atoms with Crippen LogP contribution in [0.25, 0.3) is 0 Å². The number of carbonyl (C=O) groups is 1. The molecule has 1 amide bonds. The van der Waals surface area contributed by atoms with E-state index < -0.39 is 0 Å². The van der Waals surface area contributed by atoms with Gasteiger partial charge in [-0.05, 0) is 43.2 Å². The fraction of sp³-hybridized carbons (Fsp3) is 0.200. The highest BCUT2D eigenvalue weighted by atomic mass is 79.9. The summed E-state index contributed by atoms with van der Waals surface area (Å²) >= 11 is 3.44. The van der Waals surface area contributed by atoms with Gasteiger partial charge in [-0.3, -0.25) is 9.78 Å². The number of hydrogen-bond acceptors (Lipinski definition) is 3. The van der Waals surface area contributed by atoms with Crippen LogP contribution in [0.1, 0.15) is 21.5 Å². The average Bonchev–Trinajstić information content (AvgIpc) is 2.42. The zero-order valence-corrected chi connectivity index (χ0v) is 13.1. The van der Waals surface area contributed by atoms with Crippen LogP contribution in [0, 0.1) is 13.8 Å². The Morgan fingerprint density at radius 1 is 1.30 bits per heavy atom. The molecule has 0 bridgehead atoms. The summed E-state index contributed by atoms with van der Waals surface area (Å²) in [6, 6.07) is 5.57. The molecule has 104 valence electrons. The maximum Gasteiger partial charge on any atom is 0.259 e. The molecule has 0 aliphatic carbocycles. The summed E-state index contributed by atoms with van der Waals surface area (Å²) in [5, 5.41) is 2.93. The second-order valence-electron chi connectivity index (χ2n) is 4.44. The van der Waals surface area contributed by atoms with Crippen LogP contribution in [0.4, 0.5) is 5.69 Å². The first-order valence-corrected chi connectivity index (χ1v) is 6.88. The molecule has 1 aromatic carbocycles. The van der Waals surface area contributed by atoms with Crippen LogP contribution in [0.3, 0.4) is 0 Å². The van der Waals surface area contributed by atoms with Gasteiger partial charge in [-0.15, -0.1) is 0 Å². The Hall–Kier alpha value is -1.88. The first-order chi connectivity index (χ1) is 9.52. The lowest BCUT2D eigenvalue weighted by Gasteiger charge is -2.13. The van der Waals surface area contributed by atoms with Crippen LogP contribution in [0.5, 0.6) is 5.75 Å². The predicted molar refractivity (Wildman–Crippen MR) is 82.4 cm³/mol. The van der Waals surface area contributed by atoms with E-state index in [2.05, 4.69) is 26.2 Å². The Balaban J connectivity index is 2.33. The summed E-state index contributed by atoms with van der Waals surface area (Å²) < 4.78 is 6.15. The third-order valence-corrected chi connectivity index (χ3v) is 3.44. The molecule has 5 heteroatoms. The molecule has 0 saturated carbocycles. The normalized spacial score (nSPS) is 10.2. The summed E-state index contributed by atoms with van der Waals surface area (Å²) in [6.07, 6.45) is 3.09. The SMILES string of the molecule is COc1cnccc1C(=O)Nc1c(C)cc(Br)cc1C. The minimum atomic E-state index is -0.210. The van der Waals surface area contributed by atoms with Gasteiger partial charge in [-0.1, -0.05) is 15.9 Å². The lowest BCUT2D eigenvalue weighted by atomic mass is 10.1. The monoisotopic (exact) mass is 334 g/mol. The molecule has 1 N–H and O–H groups in total. The fourth-order valence-electron chi connectivity index (χ4n) is 2.02. The van der Waals surface area contributed by atoms with Crippen LogP contribution in [-0.4, -0.2) is 18.0 Å². The Morgan fingerprint density at radius 3 is 2.55 bits per heavy atom. The Bertz CT molecular complexity index is 633. The van der Waals surface area contributed by atoms with E-state index in [9.17, 15) is 4.79 Å². The van der Waals surface area contributed by atoms with Crippen molar-refractivity contribution in [2.24, 2.45) is 0 Å². The number of halogens is 1. The maximum absolute atomic E-state index is 12.4. The third kappa shape index (κ3) is 2.99. The van der Waals surface area contributed by atoms with E-state index in [1.165, 1.54) is 13.3 Å². The number of nitrogens with one attached hydrogen (secondary N) is 1. The maximum atomic E-state index is 12.4. The number of nitrogens with zero attached hydrogens (tertiary/aromatic N) is 1. The summed E-state index contributed by atoms with van der Waals surface area (Å²) in [5.74, 6) is 0.246. The fourth-order valence-corrected chi connectivity index (χ4v) is 2.71. The van der Waals surface area contributed by atoms with Crippen molar-refractivity contribution in [1.82, 2.24) is 4.98 Å². The van der Waals surface area contributed by atoms with Crippen molar-refractivity contribution in [3.63, 3.8) is 0 Å². The molecule has 1 aromatic heterocycles. The smallest absolute Gasteiger partial charge is 0.259 e. The molecule has 0 atom stereocenters. The molecular formula is C15H15BrN2O2. The van der Waals surface area contributed by atoms with Crippen LogP contribution >= 0.6 is 15.9 Å². The van der Waals surface area contributed by atoms with E-state index in [0.29, 0.717) is 11.3 Å². The molecule has 2 rings (SSSR count). The van der Waals surface area contributed by atoms with Crippen molar-refractivity contribution in [3.8, 4) is 5.75 Å². The number of pyridine rings is 1. The molecule has 0 unspecified atom stereocenters. The first kappa shape index (κ1) is 14.5. The molecule has 0 aliphatic rings. The number of carbonyl (C=O) groups excluding carboxylic acids is 1. The summed E-state index contributed by atoms with van der Waals surface area (Å²) in [5.41, 5.74) is 3.28. The molecule has 0 saturated heterocycles. The lowest BCUT2D eigenvalue weighted by Crippen LogP contribution is -2.15. The van der Waals surface area contributed by atoms with E-state index in [1.54, 1.807) is 12.3 Å². The molecule has 20 heavy (non-hydrogen) atoms. The minimum absolute atomic E-state index is 0.210. The number of methoxy groups -OCH3 is 1. The van der Waals surface area contributed by atoms with Gasteiger partial charge in [0.2, 0.25) is 0 Å². The van der Waals surface area contributed by atoms with Gasteiger partial charge in [0.25, 0.3) is 5.91 Å². The molecule has 0 radical (unpaired) electrons. The minimum Gasteiger partial charge on any atom is -0.494 e. The van der Waals surface area contributed by atoms with E-state index in [1.807, 2.05) is 26.0 Å². The van der Waals surface area contributed by atoms with Gasteiger partial charge in [0.15, 0.2) is 0 Å². The average molecular weight is 335 g/mol. The standard InChI is InChI=1S/C15H15BrN2O2/c1-9-6-11(16)7-10(2)14(9)18-15(19)12-4-5-17-8-13(12)20-3/h4-8H,1-3H3,(H,18,19). The number of ether oxygens (including phenoxy) is 1. The molecule has 0 fully saturated rings. The van der Waals surface area contributed by atoms with Gasteiger partial charge in [0, 0.05) is 16.4 Å². The molecule has 0 spiro atoms. The molecule has 4 nitrogen and oxygen atoms in total. The molecule has 1 heterocycles. The second-order valence-corrected chi connectivity index (χ2v) is 5.36. The van der Waals surface area contributed by atoms with Crippen molar-refractivity contribution in [2.75, 3.05) is 12.4 Å². The number of rotatable bonds is 3. The zero-order chi connectivity index (χ0) is 14.7. The van der Waals surface area contributed by atoms with E-state index in [0.717, 1.165) is 21.3 Å². The van der Waals surface area contributed by atoms with Crippen molar-refractivity contribution >= 4 is 27.5 Å². The number of aromatic nitrogens is 1. The highest BCUT2D eigenvalue weighted by molar-refractivity contribution is 9.10. The van der Waals surface area contributed by atoms with Crippen molar-refractivity contribution in [3.05, 3.63) is 51.8 Å². The molecule has 0 aliphatic heterocycles. The van der Waals surface area contributed by atoms with Gasteiger partial charge in [-0.25, -0.2) is 0 Å². The quantitative estimate of drug-likeness (QED) is 0.930. The van der Waals surface area contributed by atoms with E-state index in [4.69, 9.17) is 4.74 Å². The largest absolute Gasteiger partial charge is 0.494 e. The Morgan fingerprint density at radius 2 is 1.95 bits per heavy atom. The van der Waals surface area contributed by atoms with Crippen molar-refractivity contribution in [2.45, 2.75) is 13.8 Å². The second kappa shape index (κ2) is 6.05. The van der Waals surface area contributed by atoms with Gasteiger partial charge < -0.3 is 10.1 Å². The number of hydrogen-bond donors (Lipinski definition) is 1. The molecular weight excluding hydrogens is 320 g/mol. The van der Waals surface area contributed by atoms with Gasteiger partial charge in [-0.2, -0.15) is 0 Å². The van der Waals surface area contributed by atoms with Crippen LogP contribution in [0.2, 0.25) is 0 Å². The molecule has 2 aromatic rings. The van der Waals surface area contributed by atoms with Crippen molar-refractivity contribution in [1.29, 1.82) is 0 Å². The number of anilines is 1. The van der Waals surface area contributed by atoms with Gasteiger partial charge in [0.05, 0.1) is 18.9 Å². The van der Waals surface area contributed by atoms with E-state index in [-0.39, 0.29) is 5.91 Å². The predicted octanol–water partition coefficient (Wildman–Crippen LogP) is 3.72. The number of benzene rings is 1. The number of aryl methyl sites for hydroxylation is 2. The zero-order valence-electron chi connectivity index (χ0n) is 11.5.